The lowest BCUT2D eigenvalue weighted by atomic mass is 9.97. The maximum absolute atomic E-state index is 13.0. The first-order chi connectivity index (χ1) is 13.6. The summed E-state index contributed by atoms with van der Waals surface area (Å²) in [6, 6.07) is 7.04. The van der Waals surface area contributed by atoms with Crippen molar-refractivity contribution in [3.63, 3.8) is 0 Å². The maximum Gasteiger partial charge on any atom is 0.270 e. The molecule has 0 saturated heterocycles. The van der Waals surface area contributed by atoms with Gasteiger partial charge in [-0.3, -0.25) is 14.5 Å². The molecule has 0 aliphatic carbocycles. The van der Waals surface area contributed by atoms with Crippen molar-refractivity contribution in [2.45, 2.75) is 12.6 Å². The third kappa shape index (κ3) is 4.10. The molecule has 2 heterocycles. The second-order valence-corrected chi connectivity index (χ2v) is 6.98. The molecule has 0 saturated carbocycles. The molecule has 3 rings (SSSR count). The van der Waals surface area contributed by atoms with Gasteiger partial charge in [-0.25, -0.2) is 5.54 Å². The van der Waals surface area contributed by atoms with Crippen LogP contribution < -0.4 is 16.2 Å². The minimum absolute atomic E-state index is 0.0282. The number of hydrogen-bond donors (Lipinski definition) is 3. The van der Waals surface area contributed by atoms with Crippen LogP contribution in [0.5, 0.6) is 0 Å². The van der Waals surface area contributed by atoms with E-state index in [1.807, 2.05) is 6.08 Å². The molecule has 0 aromatic heterocycles. The lowest BCUT2D eigenvalue weighted by molar-refractivity contribution is -0.126. The predicted molar refractivity (Wildman–Crippen MR) is 106 cm³/mol. The summed E-state index contributed by atoms with van der Waals surface area (Å²) in [6.07, 6.45) is 5.39. The number of nitrogens with one attached hydrogen (secondary N) is 3. The quantitative estimate of drug-likeness (QED) is 0.437. The van der Waals surface area contributed by atoms with Crippen LogP contribution in [0.1, 0.15) is 22.3 Å². The highest BCUT2D eigenvalue weighted by molar-refractivity contribution is 9.12. The van der Waals surface area contributed by atoms with Crippen LogP contribution in [0.3, 0.4) is 0 Å². The first kappa shape index (κ1) is 20.1. The molecule has 3 N–H and O–H groups in total. The molecule has 9 heteroatoms. The van der Waals surface area contributed by atoms with E-state index in [-0.39, 0.29) is 22.1 Å². The van der Waals surface area contributed by atoms with Gasteiger partial charge in [0.1, 0.15) is 16.5 Å². The van der Waals surface area contributed by atoms with E-state index in [4.69, 9.17) is 4.74 Å². The number of benzene rings is 1. The molecule has 0 bridgehead atoms. The Hall–Kier alpha value is -2.65. The fraction of sp³-hybridized carbons (Fsp3) is 0.263. The second-order valence-electron chi connectivity index (χ2n) is 6.19. The Balaban J connectivity index is 1.75. The van der Waals surface area contributed by atoms with Crippen molar-refractivity contribution in [3.05, 3.63) is 64.0 Å². The summed E-state index contributed by atoms with van der Waals surface area (Å²) < 4.78 is 18.1. The molecule has 1 atom stereocenters. The molecule has 7 nitrogen and oxygen atoms in total. The van der Waals surface area contributed by atoms with E-state index in [1.165, 1.54) is 10.4 Å². The van der Waals surface area contributed by atoms with Crippen LogP contribution in [0.4, 0.5) is 4.48 Å². The second kappa shape index (κ2) is 9.03. The van der Waals surface area contributed by atoms with E-state index in [2.05, 4.69) is 26.6 Å². The lowest BCUT2D eigenvalue weighted by Gasteiger charge is -2.38. The highest BCUT2D eigenvalue weighted by Gasteiger charge is 2.35. The maximum atomic E-state index is 13.0. The zero-order chi connectivity index (χ0) is 20.1. The Morgan fingerprint density at radius 2 is 2.11 bits per heavy atom. The molecule has 2 aliphatic rings. The Morgan fingerprint density at radius 1 is 1.36 bits per heavy atom. The van der Waals surface area contributed by atoms with Gasteiger partial charge in [0.25, 0.3) is 11.8 Å². The Bertz CT molecular complexity index is 851. The molecule has 1 aromatic rings. The van der Waals surface area contributed by atoms with E-state index >= 15 is 0 Å². The van der Waals surface area contributed by atoms with Gasteiger partial charge in [0.15, 0.2) is 0 Å². The van der Waals surface area contributed by atoms with Crippen molar-refractivity contribution < 1.29 is 18.8 Å². The molecule has 2 amide bonds. The summed E-state index contributed by atoms with van der Waals surface area (Å²) in [7, 11) is 1.62. The van der Waals surface area contributed by atoms with Crippen LogP contribution in [0.2, 0.25) is 0 Å². The predicted octanol–water partition coefficient (Wildman–Crippen LogP) is 2.16. The average Bonchev–Trinajstić information content (AvgIpc) is 2.73. The summed E-state index contributed by atoms with van der Waals surface area (Å²) in [5.74, 6) is -0.555. The van der Waals surface area contributed by atoms with Crippen molar-refractivity contribution >= 4 is 33.3 Å². The molecular weight excluding hydrogens is 431 g/mol. The highest BCUT2D eigenvalue weighted by Crippen LogP contribution is 2.31. The number of carbonyl (C=O) groups excluding carboxylic acids is 2. The minimum atomic E-state index is -0.564. The first-order valence-electron chi connectivity index (χ1n) is 8.68. The van der Waals surface area contributed by atoms with Gasteiger partial charge < -0.3 is 15.4 Å². The summed E-state index contributed by atoms with van der Waals surface area (Å²) >= 11 is 3.09. The fourth-order valence-corrected chi connectivity index (χ4v) is 3.37. The van der Waals surface area contributed by atoms with Crippen LogP contribution in [-0.4, -0.2) is 43.1 Å². The molecule has 148 valence electrons. The molecular formula is C19H20BrFN4O3. The number of carbonyl (C=O) groups is 2. The topological polar surface area (TPSA) is 82.7 Å². The SMILES string of the molecule is COCCCNC(=O)c1ccc(C2=CC=CN3C(=O)C(Br)=C(NF)NC23)cc1. The number of fused-ring (bicyclic) bond motifs is 1. The zero-order valence-electron chi connectivity index (χ0n) is 15.2. The van der Waals surface area contributed by atoms with Crippen molar-refractivity contribution in [1.82, 2.24) is 21.1 Å². The molecule has 2 aliphatic heterocycles. The highest BCUT2D eigenvalue weighted by atomic mass is 79.9. The van der Waals surface area contributed by atoms with Crippen molar-refractivity contribution in [2.75, 3.05) is 20.3 Å². The monoisotopic (exact) mass is 450 g/mol. The van der Waals surface area contributed by atoms with Gasteiger partial charge in [-0.1, -0.05) is 18.2 Å². The van der Waals surface area contributed by atoms with Crippen LogP contribution in [0.25, 0.3) is 5.57 Å². The van der Waals surface area contributed by atoms with Gasteiger partial charge in [-0.2, -0.15) is 0 Å². The summed E-state index contributed by atoms with van der Waals surface area (Å²) in [5.41, 5.74) is 3.62. The van der Waals surface area contributed by atoms with Gasteiger partial charge in [0, 0.05) is 37.6 Å². The van der Waals surface area contributed by atoms with Gasteiger partial charge in [0.05, 0.1) is 0 Å². The Labute approximate surface area is 170 Å². The number of rotatable bonds is 7. The molecule has 1 aromatic carbocycles. The smallest absolute Gasteiger partial charge is 0.270 e. The number of ether oxygens (including phenoxy) is 1. The number of amides is 2. The first-order valence-corrected chi connectivity index (χ1v) is 9.47. The average molecular weight is 451 g/mol. The summed E-state index contributed by atoms with van der Waals surface area (Å²) in [4.78, 5) is 26.1. The van der Waals surface area contributed by atoms with Crippen molar-refractivity contribution in [1.29, 1.82) is 0 Å². The van der Waals surface area contributed by atoms with Gasteiger partial charge in [-0.05, 0) is 46.1 Å². The van der Waals surface area contributed by atoms with Crippen LogP contribution >= 0.6 is 15.9 Å². The Morgan fingerprint density at radius 3 is 2.79 bits per heavy atom. The normalized spacial score (nSPS) is 18.4. The molecule has 0 spiro atoms. The van der Waals surface area contributed by atoms with Gasteiger partial charge in [0.2, 0.25) is 0 Å². The number of nitrogens with zero attached hydrogens (tertiary/aromatic N) is 1. The van der Waals surface area contributed by atoms with E-state index < -0.39 is 6.17 Å². The minimum Gasteiger partial charge on any atom is -0.385 e. The molecule has 0 fully saturated rings. The number of allylic oxidation sites excluding steroid dienone is 2. The van der Waals surface area contributed by atoms with E-state index in [9.17, 15) is 14.1 Å². The number of hydrogen-bond acceptors (Lipinski definition) is 5. The van der Waals surface area contributed by atoms with Crippen LogP contribution in [0, 0.1) is 0 Å². The third-order valence-electron chi connectivity index (χ3n) is 4.40. The Kier molecular flexibility index (Phi) is 6.48. The van der Waals surface area contributed by atoms with Crippen LogP contribution in [-0.2, 0) is 9.53 Å². The van der Waals surface area contributed by atoms with Crippen LogP contribution in [0.15, 0.2) is 52.9 Å². The lowest BCUT2D eigenvalue weighted by Crippen LogP contribution is -2.53. The van der Waals surface area contributed by atoms with E-state index in [0.717, 1.165) is 17.6 Å². The van der Waals surface area contributed by atoms with Gasteiger partial charge >= 0.3 is 0 Å². The van der Waals surface area contributed by atoms with E-state index in [1.54, 1.807) is 43.7 Å². The number of halogens is 2. The third-order valence-corrected chi connectivity index (χ3v) is 5.14. The summed E-state index contributed by atoms with van der Waals surface area (Å²) in [5, 5.41) is 5.78. The summed E-state index contributed by atoms with van der Waals surface area (Å²) in [6.45, 7) is 1.12. The van der Waals surface area contributed by atoms with E-state index in [0.29, 0.717) is 18.7 Å². The van der Waals surface area contributed by atoms with Crippen molar-refractivity contribution in [2.24, 2.45) is 0 Å². The number of methoxy groups -OCH3 is 1. The molecule has 1 unspecified atom stereocenters. The zero-order valence-corrected chi connectivity index (χ0v) is 16.8. The molecule has 28 heavy (non-hydrogen) atoms. The largest absolute Gasteiger partial charge is 0.385 e. The fourth-order valence-electron chi connectivity index (χ4n) is 2.98. The standard InChI is InChI=1S/C19H20BrFN4O3/c1-28-11-3-9-22-18(26)13-7-5-12(6-8-13)14-4-2-10-25-17(14)23-16(24-21)15(20)19(25)27/h2,4-8,10,17,23-24H,3,9,11H2,1H3,(H,22,26). The van der Waals surface area contributed by atoms with Crippen molar-refractivity contribution in [3.8, 4) is 0 Å². The molecule has 0 radical (unpaired) electrons. The van der Waals surface area contributed by atoms with Gasteiger partial charge in [-0.15, -0.1) is 4.48 Å².